The highest BCUT2D eigenvalue weighted by molar-refractivity contribution is 9.10. The van der Waals surface area contributed by atoms with E-state index in [2.05, 4.69) is 46.9 Å². The summed E-state index contributed by atoms with van der Waals surface area (Å²) in [5, 5.41) is 4.22. The summed E-state index contributed by atoms with van der Waals surface area (Å²) >= 11 is 9.44. The van der Waals surface area contributed by atoms with Crippen LogP contribution in [-0.4, -0.2) is 6.54 Å². The zero-order valence-electron chi connectivity index (χ0n) is 9.47. The molecule has 88 valence electrons. The molecule has 0 bridgehead atoms. The summed E-state index contributed by atoms with van der Waals surface area (Å²) in [6.45, 7) is 6.84. The van der Waals surface area contributed by atoms with E-state index in [1.54, 1.807) is 0 Å². The second-order valence-electron chi connectivity index (χ2n) is 3.65. The molecule has 1 aromatic carbocycles. The van der Waals surface area contributed by atoms with E-state index in [0.29, 0.717) is 6.04 Å². The minimum atomic E-state index is 0.372. The molecule has 0 aliphatic rings. The highest BCUT2D eigenvalue weighted by Gasteiger charge is 2.10. The second-order valence-corrected chi connectivity index (χ2v) is 4.91. The predicted octanol–water partition coefficient (Wildman–Crippen LogP) is 4.72. The molecule has 1 nitrogen and oxygen atoms in total. The molecule has 1 aromatic rings. The maximum atomic E-state index is 5.98. The van der Waals surface area contributed by atoms with Crippen molar-refractivity contribution in [3.8, 4) is 0 Å². The molecular formula is C13H17BrClN. The molecular weight excluding hydrogens is 286 g/mol. The van der Waals surface area contributed by atoms with Gasteiger partial charge in [-0.1, -0.05) is 30.7 Å². The first-order valence-corrected chi connectivity index (χ1v) is 6.65. The Labute approximate surface area is 111 Å². The van der Waals surface area contributed by atoms with E-state index in [9.17, 15) is 0 Å². The number of allylic oxidation sites excluding steroid dienone is 1. The average molecular weight is 303 g/mol. The van der Waals surface area contributed by atoms with Gasteiger partial charge in [-0.2, -0.15) is 0 Å². The second kappa shape index (κ2) is 7.10. The van der Waals surface area contributed by atoms with Crippen LogP contribution < -0.4 is 5.32 Å². The summed E-state index contributed by atoms with van der Waals surface area (Å²) in [5.74, 6) is 0. The Balaban J connectivity index is 2.82. The highest BCUT2D eigenvalue weighted by atomic mass is 79.9. The van der Waals surface area contributed by atoms with Crippen molar-refractivity contribution >= 4 is 27.5 Å². The van der Waals surface area contributed by atoms with Gasteiger partial charge in [0.1, 0.15) is 0 Å². The number of nitrogens with one attached hydrogen (secondary N) is 1. The monoisotopic (exact) mass is 301 g/mol. The Morgan fingerprint density at radius 3 is 2.88 bits per heavy atom. The fraction of sp³-hybridized carbons (Fsp3) is 0.385. The van der Waals surface area contributed by atoms with Crippen LogP contribution in [0.5, 0.6) is 0 Å². The lowest BCUT2D eigenvalue weighted by Crippen LogP contribution is -2.20. The average Bonchev–Trinajstić information content (AvgIpc) is 2.28. The van der Waals surface area contributed by atoms with Gasteiger partial charge >= 0.3 is 0 Å². The molecule has 0 aliphatic heterocycles. The molecule has 0 saturated carbocycles. The van der Waals surface area contributed by atoms with Crippen molar-refractivity contribution < 1.29 is 0 Å². The van der Waals surface area contributed by atoms with Gasteiger partial charge in [0, 0.05) is 10.5 Å². The SMILES string of the molecule is C=CCCC(NCC)c1ccc(Cl)c(Br)c1. The van der Waals surface area contributed by atoms with Crippen LogP contribution in [0.15, 0.2) is 35.3 Å². The molecule has 16 heavy (non-hydrogen) atoms. The lowest BCUT2D eigenvalue weighted by Gasteiger charge is -2.18. The minimum Gasteiger partial charge on any atom is -0.310 e. The molecule has 1 atom stereocenters. The molecule has 0 spiro atoms. The Hall–Kier alpha value is -0.310. The first kappa shape index (κ1) is 13.8. The topological polar surface area (TPSA) is 12.0 Å². The van der Waals surface area contributed by atoms with Crippen molar-refractivity contribution in [1.82, 2.24) is 5.32 Å². The maximum absolute atomic E-state index is 5.98. The van der Waals surface area contributed by atoms with Crippen molar-refractivity contribution in [2.75, 3.05) is 6.54 Å². The van der Waals surface area contributed by atoms with E-state index in [4.69, 9.17) is 11.6 Å². The van der Waals surface area contributed by atoms with Crippen LogP contribution in [0, 0.1) is 0 Å². The van der Waals surface area contributed by atoms with E-state index < -0.39 is 0 Å². The van der Waals surface area contributed by atoms with Crippen LogP contribution in [0.1, 0.15) is 31.4 Å². The van der Waals surface area contributed by atoms with Gasteiger partial charge in [-0.15, -0.1) is 6.58 Å². The molecule has 3 heteroatoms. The van der Waals surface area contributed by atoms with Crippen LogP contribution in [0.4, 0.5) is 0 Å². The molecule has 0 saturated heterocycles. The summed E-state index contributed by atoms with van der Waals surface area (Å²) in [6, 6.07) is 6.46. The van der Waals surface area contributed by atoms with E-state index in [0.717, 1.165) is 28.9 Å². The molecule has 0 radical (unpaired) electrons. The summed E-state index contributed by atoms with van der Waals surface area (Å²) in [6.07, 6.45) is 4.03. The predicted molar refractivity (Wildman–Crippen MR) is 75.0 cm³/mol. The molecule has 1 unspecified atom stereocenters. The molecule has 1 rings (SSSR count). The molecule has 0 aromatic heterocycles. The van der Waals surface area contributed by atoms with E-state index in [1.807, 2.05) is 12.1 Å². The molecule has 0 aliphatic carbocycles. The normalized spacial score (nSPS) is 12.4. The van der Waals surface area contributed by atoms with Crippen LogP contribution in [0.2, 0.25) is 5.02 Å². The Morgan fingerprint density at radius 2 is 2.31 bits per heavy atom. The van der Waals surface area contributed by atoms with Gasteiger partial charge in [-0.05, 0) is 53.0 Å². The first-order valence-electron chi connectivity index (χ1n) is 5.48. The molecule has 0 amide bonds. The fourth-order valence-corrected chi connectivity index (χ4v) is 2.16. The largest absolute Gasteiger partial charge is 0.310 e. The standard InChI is InChI=1S/C13H17BrClN/c1-3-5-6-13(16-4-2)10-7-8-12(15)11(14)9-10/h3,7-9,13,16H,1,4-6H2,2H3. The number of benzene rings is 1. The number of hydrogen-bond acceptors (Lipinski definition) is 1. The lowest BCUT2D eigenvalue weighted by molar-refractivity contribution is 0.519. The van der Waals surface area contributed by atoms with Gasteiger partial charge < -0.3 is 5.32 Å². The Kier molecular flexibility index (Phi) is 6.10. The van der Waals surface area contributed by atoms with Gasteiger partial charge in [0.2, 0.25) is 0 Å². The smallest absolute Gasteiger partial charge is 0.0548 e. The zero-order chi connectivity index (χ0) is 12.0. The minimum absolute atomic E-state index is 0.372. The number of hydrogen-bond donors (Lipinski definition) is 1. The van der Waals surface area contributed by atoms with Gasteiger partial charge in [0.05, 0.1) is 5.02 Å². The van der Waals surface area contributed by atoms with Gasteiger partial charge in [-0.25, -0.2) is 0 Å². The van der Waals surface area contributed by atoms with Crippen LogP contribution in [-0.2, 0) is 0 Å². The summed E-state index contributed by atoms with van der Waals surface area (Å²) in [4.78, 5) is 0. The summed E-state index contributed by atoms with van der Waals surface area (Å²) < 4.78 is 0.952. The van der Waals surface area contributed by atoms with Crippen molar-refractivity contribution in [3.63, 3.8) is 0 Å². The Morgan fingerprint density at radius 1 is 1.56 bits per heavy atom. The van der Waals surface area contributed by atoms with E-state index >= 15 is 0 Å². The van der Waals surface area contributed by atoms with Gasteiger partial charge in [0.25, 0.3) is 0 Å². The van der Waals surface area contributed by atoms with Gasteiger partial charge in [0.15, 0.2) is 0 Å². The summed E-state index contributed by atoms with van der Waals surface area (Å²) in [5.41, 5.74) is 1.26. The van der Waals surface area contributed by atoms with Crippen LogP contribution in [0.25, 0.3) is 0 Å². The quantitative estimate of drug-likeness (QED) is 0.750. The molecule has 1 N–H and O–H groups in total. The van der Waals surface area contributed by atoms with Crippen molar-refractivity contribution in [2.24, 2.45) is 0 Å². The third-order valence-electron chi connectivity index (χ3n) is 2.46. The third-order valence-corrected chi connectivity index (χ3v) is 3.67. The molecule has 0 fully saturated rings. The maximum Gasteiger partial charge on any atom is 0.0548 e. The van der Waals surface area contributed by atoms with Crippen molar-refractivity contribution in [1.29, 1.82) is 0 Å². The van der Waals surface area contributed by atoms with Crippen LogP contribution in [0.3, 0.4) is 0 Å². The molecule has 0 heterocycles. The first-order chi connectivity index (χ1) is 7.69. The third kappa shape index (κ3) is 3.93. The summed E-state index contributed by atoms with van der Waals surface area (Å²) in [7, 11) is 0. The van der Waals surface area contributed by atoms with Gasteiger partial charge in [-0.3, -0.25) is 0 Å². The zero-order valence-corrected chi connectivity index (χ0v) is 11.8. The lowest BCUT2D eigenvalue weighted by atomic mass is 10.0. The number of halogens is 2. The van der Waals surface area contributed by atoms with E-state index in [1.165, 1.54) is 5.56 Å². The Bertz CT molecular complexity index is 352. The highest BCUT2D eigenvalue weighted by Crippen LogP contribution is 2.27. The number of rotatable bonds is 6. The van der Waals surface area contributed by atoms with Crippen LogP contribution >= 0.6 is 27.5 Å². The van der Waals surface area contributed by atoms with Crippen molar-refractivity contribution in [2.45, 2.75) is 25.8 Å². The van der Waals surface area contributed by atoms with Crippen molar-refractivity contribution in [3.05, 3.63) is 45.9 Å². The van der Waals surface area contributed by atoms with E-state index in [-0.39, 0.29) is 0 Å². The fourth-order valence-electron chi connectivity index (χ4n) is 1.65.